The highest BCUT2D eigenvalue weighted by molar-refractivity contribution is 6.00. The van der Waals surface area contributed by atoms with E-state index in [4.69, 9.17) is 4.74 Å². The second-order valence-corrected chi connectivity index (χ2v) is 5.34. The lowest BCUT2D eigenvalue weighted by molar-refractivity contribution is -0.115. The minimum Gasteiger partial charge on any atom is -0.496 e. The second-order valence-electron chi connectivity index (χ2n) is 5.34. The summed E-state index contributed by atoms with van der Waals surface area (Å²) in [6.07, 6.45) is 1.72. The standard InChI is InChI=1S/C19H19N3O2/c1-24-17-10-3-2-6-15(17)12-20-13-18(23)22-16-9-4-7-14-8-5-11-21-19(14)16/h2-11,20H,12-13H2,1H3,(H,22,23). The Kier molecular flexibility index (Phi) is 5.03. The summed E-state index contributed by atoms with van der Waals surface area (Å²) in [7, 11) is 1.64. The smallest absolute Gasteiger partial charge is 0.238 e. The van der Waals surface area contributed by atoms with Gasteiger partial charge < -0.3 is 15.4 Å². The molecule has 0 saturated carbocycles. The maximum absolute atomic E-state index is 12.2. The number of methoxy groups -OCH3 is 1. The van der Waals surface area contributed by atoms with E-state index in [-0.39, 0.29) is 12.5 Å². The topological polar surface area (TPSA) is 63.2 Å². The highest BCUT2D eigenvalue weighted by atomic mass is 16.5. The monoisotopic (exact) mass is 321 g/mol. The van der Waals surface area contributed by atoms with Crippen LogP contribution in [-0.4, -0.2) is 24.5 Å². The molecule has 0 atom stereocenters. The number of ether oxygens (including phenoxy) is 1. The Morgan fingerprint density at radius 3 is 2.79 bits per heavy atom. The first-order valence-corrected chi connectivity index (χ1v) is 7.74. The predicted octanol–water partition coefficient (Wildman–Crippen LogP) is 2.97. The number of amides is 1. The van der Waals surface area contributed by atoms with E-state index in [1.54, 1.807) is 13.3 Å². The lowest BCUT2D eigenvalue weighted by atomic mass is 10.2. The Hall–Kier alpha value is -2.92. The van der Waals surface area contributed by atoms with Crippen LogP contribution >= 0.6 is 0 Å². The van der Waals surface area contributed by atoms with E-state index in [2.05, 4.69) is 15.6 Å². The second kappa shape index (κ2) is 7.57. The van der Waals surface area contributed by atoms with Gasteiger partial charge in [-0.25, -0.2) is 0 Å². The Morgan fingerprint density at radius 1 is 1.08 bits per heavy atom. The number of hydrogen-bond acceptors (Lipinski definition) is 4. The van der Waals surface area contributed by atoms with Crippen LogP contribution in [0.15, 0.2) is 60.8 Å². The summed E-state index contributed by atoms with van der Waals surface area (Å²) in [6, 6.07) is 17.3. The fraction of sp³-hybridized carbons (Fsp3) is 0.158. The summed E-state index contributed by atoms with van der Waals surface area (Å²) < 4.78 is 5.30. The van der Waals surface area contributed by atoms with Gasteiger partial charge in [-0.1, -0.05) is 36.4 Å². The Morgan fingerprint density at radius 2 is 1.92 bits per heavy atom. The normalized spacial score (nSPS) is 10.5. The predicted molar refractivity (Wildman–Crippen MR) is 95.1 cm³/mol. The van der Waals surface area contributed by atoms with Crippen LogP contribution in [0.2, 0.25) is 0 Å². The van der Waals surface area contributed by atoms with E-state index in [0.717, 1.165) is 27.9 Å². The molecule has 24 heavy (non-hydrogen) atoms. The zero-order chi connectivity index (χ0) is 16.8. The van der Waals surface area contributed by atoms with Crippen LogP contribution in [0.4, 0.5) is 5.69 Å². The molecule has 5 nitrogen and oxygen atoms in total. The van der Waals surface area contributed by atoms with Crippen LogP contribution in [0, 0.1) is 0 Å². The average molecular weight is 321 g/mol. The quantitative estimate of drug-likeness (QED) is 0.733. The summed E-state index contributed by atoms with van der Waals surface area (Å²) in [5.41, 5.74) is 2.52. The highest BCUT2D eigenvalue weighted by Gasteiger charge is 2.07. The van der Waals surface area contributed by atoms with Crippen molar-refractivity contribution in [3.63, 3.8) is 0 Å². The van der Waals surface area contributed by atoms with Gasteiger partial charge in [-0.3, -0.25) is 9.78 Å². The number of aromatic nitrogens is 1. The summed E-state index contributed by atoms with van der Waals surface area (Å²) >= 11 is 0. The van der Waals surface area contributed by atoms with Gasteiger partial charge in [0.05, 0.1) is 24.9 Å². The number of carbonyl (C=O) groups excluding carboxylic acids is 1. The molecule has 0 fully saturated rings. The maximum atomic E-state index is 12.2. The van der Waals surface area contributed by atoms with E-state index in [1.807, 2.05) is 54.6 Å². The van der Waals surface area contributed by atoms with Crippen molar-refractivity contribution >= 4 is 22.5 Å². The van der Waals surface area contributed by atoms with Crippen LogP contribution in [-0.2, 0) is 11.3 Å². The van der Waals surface area contributed by atoms with Crippen molar-refractivity contribution in [2.45, 2.75) is 6.54 Å². The first-order chi connectivity index (χ1) is 11.8. The lowest BCUT2D eigenvalue weighted by Gasteiger charge is -2.10. The number of carbonyl (C=O) groups is 1. The minimum atomic E-state index is -0.108. The molecule has 2 N–H and O–H groups in total. The number of rotatable bonds is 6. The van der Waals surface area contributed by atoms with Gasteiger partial charge in [-0.2, -0.15) is 0 Å². The van der Waals surface area contributed by atoms with Gasteiger partial charge in [0.2, 0.25) is 5.91 Å². The van der Waals surface area contributed by atoms with Gasteiger partial charge in [0, 0.05) is 23.7 Å². The van der Waals surface area contributed by atoms with Crippen molar-refractivity contribution in [3.8, 4) is 5.75 Å². The number of fused-ring (bicyclic) bond motifs is 1. The Balaban J connectivity index is 1.59. The first-order valence-electron chi connectivity index (χ1n) is 7.74. The van der Waals surface area contributed by atoms with Gasteiger partial charge in [0.15, 0.2) is 0 Å². The SMILES string of the molecule is COc1ccccc1CNCC(=O)Nc1cccc2cccnc12. The molecule has 0 aliphatic heterocycles. The third-order valence-electron chi connectivity index (χ3n) is 3.70. The van der Waals surface area contributed by atoms with E-state index < -0.39 is 0 Å². The summed E-state index contributed by atoms with van der Waals surface area (Å²) in [5, 5.41) is 7.03. The summed E-state index contributed by atoms with van der Waals surface area (Å²) in [4.78, 5) is 16.5. The van der Waals surface area contributed by atoms with Crippen molar-refractivity contribution in [3.05, 3.63) is 66.4 Å². The molecule has 2 aromatic carbocycles. The average Bonchev–Trinajstić information content (AvgIpc) is 2.62. The molecular weight excluding hydrogens is 302 g/mol. The fourth-order valence-electron chi connectivity index (χ4n) is 2.56. The van der Waals surface area contributed by atoms with Crippen LogP contribution in [0.25, 0.3) is 10.9 Å². The number of anilines is 1. The molecule has 5 heteroatoms. The van der Waals surface area contributed by atoms with Gasteiger partial charge in [0.1, 0.15) is 5.75 Å². The molecular formula is C19H19N3O2. The lowest BCUT2D eigenvalue weighted by Crippen LogP contribution is -2.28. The van der Waals surface area contributed by atoms with E-state index in [1.165, 1.54) is 0 Å². The first kappa shape index (κ1) is 16.0. The zero-order valence-electron chi connectivity index (χ0n) is 13.5. The number of nitrogens with one attached hydrogen (secondary N) is 2. The molecule has 122 valence electrons. The molecule has 3 aromatic rings. The Labute approximate surface area is 140 Å². The molecule has 1 amide bonds. The number of nitrogens with zero attached hydrogens (tertiary/aromatic N) is 1. The molecule has 0 aliphatic carbocycles. The molecule has 0 aliphatic rings. The van der Waals surface area contributed by atoms with Crippen LogP contribution in [0.5, 0.6) is 5.75 Å². The minimum absolute atomic E-state index is 0.108. The van der Waals surface area contributed by atoms with Crippen molar-refractivity contribution in [2.24, 2.45) is 0 Å². The maximum Gasteiger partial charge on any atom is 0.238 e. The molecule has 0 saturated heterocycles. The fourth-order valence-corrected chi connectivity index (χ4v) is 2.56. The van der Waals surface area contributed by atoms with E-state index >= 15 is 0 Å². The molecule has 1 aromatic heterocycles. The molecule has 3 rings (SSSR count). The third-order valence-corrected chi connectivity index (χ3v) is 3.70. The van der Waals surface area contributed by atoms with Crippen LogP contribution < -0.4 is 15.4 Å². The Bertz CT molecular complexity index is 843. The summed E-state index contributed by atoms with van der Waals surface area (Å²) in [6.45, 7) is 0.770. The van der Waals surface area contributed by atoms with E-state index in [0.29, 0.717) is 6.54 Å². The summed E-state index contributed by atoms with van der Waals surface area (Å²) in [5.74, 6) is 0.701. The van der Waals surface area contributed by atoms with Crippen LogP contribution in [0.3, 0.4) is 0 Å². The van der Waals surface area contributed by atoms with Crippen molar-refractivity contribution in [1.29, 1.82) is 0 Å². The number of pyridine rings is 1. The number of para-hydroxylation sites is 2. The third kappa shape index (κ3) is 3.70. The highest BCUT2D eigenvalue weighted by Crippen LogP contribution is 2.20. The van der Waals surface area contributed by atoms with E-state index in [9.17, 15) is 4.79 Å². The number of hydrogen-bond donors (Lipinski definition) is 2. The zero-order valence-corrected chi connectivity index (χ0v) is 13.5. The van der Waals surface area contributed by atoms with Crippen LogP contribution in [0.1, 0.15) is 5.56 Å². The van der Waals surface area contributed by atoms with Gasteiger partial charge in [-0.15, -0.1) is 0 Å². The van der Waals surface area contributed by atoms with Gasteiger partial charge in [-0.05, 0) is 18.2 Å². The van der Waals surface area contributed by atoms with Crippen molar-refractivity contribution in [1.82, 2.24) is 10.3 Å². The number of benzene rings is 2. The van der Waals surface area contributed by atoms with Crippen molar-refractivity contribution in [2.75, 3.05) is 19.0 Å². The molecule has 0 radical (unpaired) electrons. The van der Waals surface area contributed by atoms with Gasteiger partial charge >= 0.3 is 0 Å². The molecule has 0 spiro atoms. The molecule has 0 bridgehead atoms. The molecule has 0 unspecified atom stereocenters. The van der Waals surface area contributed by atoms with Crippen molar-refractivity contribution < 1.29 is 9.53 Å². The molecule has 1 heterocycles. The van der Waals surface area contributed by atoms with Gasteiger partial charge in [0.25, 0.3) is 0 Å². The largest absolute Gasteiger partial charge is 0.496 e.